The quantitative estimate of drug-likeness (QED) is 0.817. The molecule has 1 N–H and O–H groups in total. The van der Waals surface area contributed by atoms with E-state index in [1.165, 1.54) is 5.70 Å². The lowest BCUT2D eigenvalue weighted by Gasteiger charge is -2.18. The van der Waals surface area contributed by atoms with Crippen molar-refractivity contribution in [1.29, 1.82) is 0 Å². The largest absolute Gasteiger partial charge is 0.359 e. The number of hydrogen-bond acceptors (Lipinski definition) is 3. The van der Waals surface area contributed by atoms with Gasteiger partial charge < -0.3 is 5.32 Å². The van der Waals surface area contributed by atoms with Crippen molar-refractivity contribution in [3.05, 3.63) is 60.2 Å². The van der Waals surface area contributed by atoms with Crippen LogP contribution in [0.4, 0.5) is 0 Å². The minimum atomic E-state index is 0.391. The predicted octanol–water partition coefficient (Wildman–Crippen LogP) is 3.34. The Morgan fingerprint density at radius 3 is 3.21 bits per heavy atom. The number of rotatable bonds is 5. The third-order valence-corrected chi connectivity index (χ3v) is 2.98. The van der Waals surface area contributed by atoms with Crippen LogP contribution in [0.3, 0.4) is 0 Å². The average molecular weight is 253 g/mol. The Labute approximate surface area is 114 Å². The van der Waals surface area contributed by atoms with Crippen LogP contribution in [0.2, 0.25) is 0 Å². The van der Waals surface area contributed by atoms with Crippen molar-refractivity contribution < 1.29 is 0 Å². The van der Waals surface area contributed by atoms with Crippen LogP contribution in [-0.4, -0.2) is 17.2 Å². The van der Waals surface area contributed by atoms with Gasteiger partial charge in [-0.25, -0.2) is 0 Å². The zero-order chi connectivity index (χ0) is 13.5. The number of aliphatic imine (C=N–C) groups is 1. The zero-order valence-electron chi connectivity index (χ0n) is 11.2. The highest BCUT2D eigenvalue weighted by Gasteiger charge is 2.10. The van der Waals surface area contributed by atoms with Gasteiger partial charge in [0.1, 0.15) is 0 Å². The highest BCUT2D eigenvalue weighted by atomic mass is 14.9. The van der Waals surface area contributed by atoms with Gasteiger partial charge in [0.05, 0.1) is 6.04 Å². The minimum Gasteiger partial charge on any atom is -0.359 e. The van der Waals surface area contributed by atoms with Crippen molar-refractivity contribution in [3.63, 3.8) is 0 Å². The molecule has 1 aromatic rings. The van der Waals surface area contributed by atoms with Gasteiger partial charge in [-0.2, -0.15) is 0 Å². The summed E-state index contributed by atoms with van der Waals surface area (Å²) in [6, 6.07) is 4.32. The van der Waals surface area contributed by atoms with Crippen LogP contribution in [0.1, 0.15) is 25.3 Å². The molecule has 0 saturated heterocycles. The first-order valence-corrected chi connectivity index (χ1v) is 6.54. The third-order valence-electron chi connectivity index (χ3n) is 2.98. The molecule has 2 heterocycles. The highest BCUT2D eigenvalue weighted by Crippen LogP contribution is 2.14. The molecule has 0 amide bonds. The molecule has 1 aliphatic rings. The maximum atomic E-state index is 4.40. The topological polar surface area (TPSA) is 37.3 Å². The maximum Gasteiger partial charge on any atom is 0.0551 e. The molecule has 0 aromatic carbocycles. The summed E-state index contributed by atoms with van der Waals surface area (Å²) in [6.07, 6.45) is 13.4. The van der Waals surface area contributed by atoms with Crippen molar-refractivity contribution in [1.82, 2.24) is 10.3 Å². The summed E-state index contributed by atoms with van der Waals surface area (Å²) in [6.45, 7) is 6.17. The van der Waals surface area contributed by atoms with E-state index in [1.807, 2.05) is 42.8 Å². The zero-order valence-corrected chi connectivity index (χ0v) is 11.2. The number of dihydropyridines is 1. The van der Waals surface area contributed by atoms with Gasteiger partial charge in [-0.05, 0) is 30.2 Å². The summed E-state index contributed by atoms with van der Waals surface area (Å²) in [4.78, 5) is 8.47. The molecule has 1 unspecified atom stereocenters. The fourth-order valence-corrected chi connectivity index (χ4v) is 1.89. The fraction of sp³-hybridized carbons (Fsp3) is 0.250. The van der Waals surface area contributed by atoms with Crippen molar-refractivity contribution in [2.75, 3.05) is 0 Å². The predicted molar refractivity (Wildman–Crippen MR) is 80.8 cm³/mol. The smallest absolute Gasteiger partial charge is 0.0551 e. The van der Waals surface area contributed by atoms with E-state index in [0.29, 0.717) is 6.04 Å². The molecule has 3 heteroatoms. The summed E-state index contributed by atoms with van der Waals surface area (Å²) in [5.74, 6) is 0. The van der Waals surface area contributed by atoms with Crippen LogP contribution in [0, 0.1) is 0 Å². The van der Waals surface area contributed by atoms with E-state index in [4.69, 9.17) is 0 Å². The Balaban J connectivity index is 1.90. The molecule has 0 fully saturated rings. The monoisotopic (exact) mass is 253 g/mol. The van der Waals surface area contributed by atoms with Crippen LogP contribution in [-0.2, 0) is 0 Å². The van der Waals surface area contributed by atoms with Gasteiger partial charge in [-0.3, -0.25) is 9.98 Å². The first-order chi connectivity index (χ1) is 9.28. The van der Waals surface area contributed by atoms with Crippen LogP contribution < -0.4 is 5.32 Å². The van der Waals surface area contributed by atoms with Gasteiger partial charge in [-0.1, -0.05) is 25.6 Å². The van der Waals surface area contributed by atoms with Crippen molar-refractivity contribution >= 4 is 12.3 Å². The Bertz CT molecular complexity index is 512. The molecule has 2 rings (SSSR count). The molecular weight excluding hydrogens is 234 g/mol. The highest BCUT2D eigenvalue weighted by molar-refractivity contribution is 5.73. The molecule has 0 saturated carbocycles. The van der Waals surface area contributed by atoms with Crippen LogP contribution in [0.15, 0.2) is 59.6 Å². The lowest BCUT2D eigenvalue weighted by atomic mass is 10.1. The number of pyridine rings is 1. The van der Waals surface area contributed by atoms with Crippen molar-refractivity contribution in [2.24, 2.45) is 4.99 Å². The van der Waals surface area contributed by atoms with E-state index in [1.54, 1.807) is 6.20 Å². The first kappa shape index (κ1) is 13.3. The molecular formula is C16H19N3. The fourth-order valence-electron chi connectivity index (χ4n) is 1.89. The van der Waals surface area contributed by atoms with Crippen molar-refractivity contribution in [3.8, 4) is 0 Å². The maximum absolute atomic E-state index is 4.40. The number of nitrogens with one attached hydrogen (secondary N) is 1. The summed E-state index contributed by atoms with van der Waals surface area (Å²) in [7, 11) is 0. The number of allylic oxidation sites excluding steroid dienone is 2. The number of nitrogens with zero attached hydrogens (tertiary/aromatic N) is 2. The molecule has 0 aliphatic carbocycles. The summed E-state index contributed by atoms with van der Waals surface area (Å²) >= 11 is 0. The SMILES string of the molecule is C=C(/C=C/c1cccnc1)NC1=CC=NC(CC)C1. The van der Waals surface area contributed by atoms with E-state index in [2.05, 4.69) is 28.8 Å². The molecule has 1 aliphatic heterocycles. The van der Waals surface area contributed by atoms with Gasteiger partial charge >= 0.3 is 0 Å². The number of aromatic nitrogens is 1. The first-order valence-electron chi connectivity index (χ1n) is 6.54. The Hall–Kier alpha value is -2.16. The second kappa shape index (κ2) is 6.69. The third kappa shape index (κ3) is 4.21. The molecule has 3 nitrogen and oxygen atoms in total. The second-order valence-corrected chi connectivity index (χ2v) is 4.53. The van der Waals surface area contributed by atoms with Crippen LogP contribution in [0.25, 0.3) is 6.08 Å². The van der Waals surface area contributed by atoms with E-state index in [0.717, 1.165) is 24.1 Å². The molecule has 98 valence electrons. The van der Waals surface area contributed by atoms with Gasteiger partial charge in [0.25, 0.3) is 0 Å². The van der Waals surface area contributed by atoms with Gasteiger partial charge in [0, 0.05) is 36.4 Å². The molecule has 0 radical (unpaired) electrons. The summed E-state index contributed by atoms with van der Waals surface area (Å²) in [5.41, 5.74) is 3.11. The molecule has 1 aromatic heterocycles. The molecule has 19 heavy (non-hydrogen) atoms. The summed E-state index contributed by atoms with van der Waals surface area (Å²) < 4.78 is 0. The van der Waals surface area contributed by atoms with E-state index in [9.17, 15) is 0 Å². The second-order valence-electron chi connectivity index (χ2n) is 4.53. The Morgan fingerprint density at radius 1 is 1.58 bits per heavy atom. The Kier molecular flexibility index (Phi) is 4.67. The minimum absolute atomic E-state index is 0.391. The Morgan fingerprint density at radius 2 is 2.47 bits per heavy atom. The molecule has 0 bridgehead atoms. The van der Waals surface area contributed by atoms with Gasteiger partial charge in [0.2, 0.25) is 0 Å². The van der Waals surface area contributed by atoms with Gasteiger partial charge in [-0.15, -0.1) is 0 Å². The van der Waals surface area contributed by atoms with Crippen LogP contribution >= 0.6 is 0 Å². The van der Waals surface area contributed by atoms with Crippen molar-refractivity contribution in [2.45, 2.75) is 25.8 Å². The molecule has 1 atom stereocenters. The van der Waals surface area contributed by atoms with Gasteiger partial charge in [0.15, 0.2) is 0 Å². The van der Waals surface area contributed by atoms with E-state index >= 15 is 0 Å². The normalized spacial score (nSPS) is 18.4. The summed E-state index contributed by atoms with van der Waals surface area (Å²) in [5, 5.41) is 3.32. The lowest BCUT2D eigenvalue weighted by molar-refractivity contribution is 0.623. The standard InChI is InChI=1S/C16H19N3/c1-3-15-11-16(8-10-18-15)19-13(2)6-7-14-5-4-9-17-12-14/h4-10,12,15,19H,2-3,11H2,1H3/b7-6+. The van der Waals surface area contributed by atoms with E-state index in [-0.39, 0.29) is 0 Å². The average Bonchev–Trinajstić information content (AvgIpc) is 2.46. The number of hydrogen-bond donors (Lipinski definition) is 1. The van der Waals surface area contributed by atoms with Crippen LogP contribution in [0.5, 0.6) is 0 Å². The molecule has 0 spiro atoms. The van der Waals surface area contributed by atoms with E-state index < -0.39 is 0 Å². The lowest BCUT2D eigenvalue weighted by Crippen LogP contribution is -2.18.